The molecule has 0 bridgehead atoms. The summed E-state index contributed by atoms with van der Waals surface area (Å²) in [6.07, 6.45) is 2.54. The SMILES string of the molecule is NC(CCl)=Nc1cccc(OCCc2ccccn2)c1. The van der Waals surface area contributed by atoms with E-state index in [4.69, 9.17) is 22.1 Å². The van der Waals surface area contributed by atoms with Gasteiger partial charge in [-0.15, -0.1) is 11.6 Å². The lowest BCUT2D eigenvalue weighted by molar-refractivity contribution is 0.320. The number of hydrogen-bond donors (Lipinski definition) is 1. The molecule has 1 heterocycles. The fourth-order valence-corrected chi connectivity index (χ4v) is 1.72. The van der Waals surface area contributed by atoms with Crippen molar-refractivity contribution < 1.29 is 4.74 Å². The summed E-state index contributed by atoms with van der Waals surface area (Å²) >= 11 is 5.60. The Hall–Kier alpha value is -2.07. The Balaban J connectivity index is 1.92. The van der Waals surface area contributed by atoms with Crippen LogP contribution >= 0.6 is 11.6 Å². The molecule has 5 heteroatoms. The number of halogens is 1. The van der Waals surface area contributed by atoms with Crippen LogP contribution < -0.4 is 10.5 Å². The summed E-state index contributed by atoms with van der Waals surface area (Å²) in [6, 6.07) is 13.3. The van der Waals surface area contributed by atoms with Crippen LogP contribution in [0.2, 0.25) is 0 Å². The van der Waals surface area contributed by atoms with Crippen molar-refractivity contribution in [2.75, 3.05) is 12.5 Å². The molecule has 0 fully saturated rings. The molecule has 1 aromatic carbocycles. The average molecular weight is 290 g/mol. The first kappa shape index (κ1) is 14.3. The fourth-order valence-electron chi connectivity index (χ4n) is 1.66. The Morgan fingerprint density at radius 2 is 2.15 bits per heavy atom. The molecule has 20 heavy (non-hydrogen) atoms. The van der Waals surface area contributed by atoms with Gasteiger partial charge in [-0.3, -0.25) is 4.98 Å². The molecule has 0 aliphatic carbocycles. The molecular formula is C15H16ClN3O. The van der Waals surface area contributed by atoms with Gasteiger partial charge in [-0.1, -0.05) is 12.1 Å². The van der Waals surface area contributed by atoms with Crippen LogP contribution in [0, 0.1) is 0 Å². The minimum Gasteiger partial charge on any atom is -0.493 e. The molecule has 104 valence electrons. The quantitative estimate of drug-likeness (QED) is 0.505. The zero-order chi connectivity index (χ0) is 14.2. The number of ether oxygens (including phenoxy) is 1. The van der Waals surface area contributed by atoms with E-state index in [0.717, 1.165) is 23.6 Å². The molecule has 1 aromatic heterocycles. The fraction of sp³-hybridized carbons (Fsp3) is 0.200. The molecule has 2 N–H and O–H groups in total. The lowest BCUT2D eigenvalue weighted by Gasteiger charge is -2.06. The molecular weight excluding hydrogens is 274 g/mol. The van der Waals surface area contributed by atoms with E-state index < -0.39 is 0 Å². The van der Waals surface area contributed by atoms with Crippen LogP contribution in [0.3, 0.4) is 0 Å². The maximum atomic E-state index is 5.68. The van der Waals surface area contributed by atoms with E-state index in [9.17, 15) is 0 Å². The van der Waals surface area contributed by atoms with E-state index in [1.807, 2.05) is 42.5 Å². The van der Waals surface area contributed by atoms with Crippen molar-refractivity contribution >= 4 is 23.1 Å². The highest BCUT2D eigenvalue weighted by Gasteiger charge is 1.98. The van der Waals surface area contributed by atoms with Crippen molar-refractivity contribution in [3.63, 3.8) is 0 Å². The van der Waals surface area contributed by atoms with Crippen molar-refractivity contribution in [2.45, 2.75) is 6.42 Å². The van der Waals surface area contributed by atoms with Crippen LogP contribution in [-0.4, -0.2) is 23.3 Å². The highest BCUT2D eigenvalue weighted by atomic mass is 35.5. The van der Waals surface area contributed by atoms with Gasteiger partial charge in [0.2, 0.25) is 0 Å². The Morgan fingerprint density at radius 1 is 1.25 bits per heavy atom. The van der Waals surface area contributed by atoms with Crippen LogP contribution in [0.4, 0.5) is 5.69 Å². The zero-order valence-corrected chi connectivity index (χ0v) is 11.8. The molecule has 0 aliphatic heterocycles. The normalized spacial score (nSPS) is 11.3. The van der Waals surface area contributed by atoms with Gasteiger partial charge in [0.25, 0.3) is 0 Å². The minimum atomic E-state index is 0.213. The third-order valence-corrected chi connectivity index (χ3v) is 2.85. The largest absolute Gasteiger partial charge is 0.493 e. The zero-order valence-electron chi connectivity index (χ0n) is 11.0. The summed E-state index contributed by atoms with van der Waals surface area (Å²) in [4.78, 5) is 8.42. The predicted octanol–water partition coefficient (Wildman–Crippen LogP) is 2.93. The van der Waals surface area contributed by atoms with E-state index in [1.165, 1.54) is 0 Å². The van der Waals surface area contributed by atoms with E-state index in [-0.39, 0.29) is 5.88 Å². The van der Waals surface area contributed by atoms with Crippen LogP contribution in [0.15, 0.2) is 53.7 Å². The molecule has 0 spiro atoms. The highest BCUT2D eigenvalue weighted by Crippen LogP contribution is 2.20. The Bertz CT molecular complexity index is 572. The molecule has 0 atom stereocenters. The lowest BCUT2D eigenvalue weighted by Crippen LogP contribution is -2.12. The van der Waals surface area contributed by atoms with E-state index in [0.29, 0.717) is 12.4 Å². The standard InChI is InChI=1S/C15H16ClN3O/c16-11-15(17)19-13-5-3-6-14(10-13)20-9-7-12-4-1-2-8-18-12/h1-6,8,10H,7,9,11H2,(H2,17,19). The molecule has 0 radical (unpaired) electrons. The van der Waals surface area contributed by atoms with Crippen molar-refractivity contribution in [2.24, 2.45) is 10.7 Å². The Kier molecular flexibility index (Phi) is 5.38. The minimum absolute atomic E-state index is 0.213. The van der Waals surface area contributed by atoms with Gasteiger partial charge in [0.05, 0.1) is 18.2 Å². The molecule has 0 saturated carbocycles. The van der Waals surface area contributed by atoms with E-state index in [2.05, 4.69) is 9.98 Å². The van der Waals surface area contributed by atoms with Crippen molar-refractivity contribution in [1.29, 1.82) is 0 Å². The molecule has 0 amide bonds. The smallest absolute Gasteiger partial charge is 0.121 e. The van der Waals surface area contributed by atoms with Gasteiger partial charge in [0.1, 0.15) is 11.6 Å². The van der Waals surface area contributed by atoms with Gasteiger partial charge in [-0.05, 0) is 24.3 Å². The topological polar surface area (TPSA) is 60.5 Å². The summed E-state index contributed by atoms with van der Waals surface area (Å²) in [5.74, 6) is 1.35. The number of nitrogens with zero attached hydrogens (tertiary/aromatic N) is 2. The number of rotatable bonds is 6. The molecule has 2 aromatic rings. The van der Waals surface area contributed by atoms with Crippen LogP contribution in [0.5, 0.6) is 5.75 Å². The number of benzene rings is 1. The van der Waals surface area contributed by atoms with Gasteiger partial charge < -0.3 is 10.5 Å². The highest BCUT2D eigenvalue weighted by molar-refractivity contribution is 6.28. The first-order valence-corrected chi connectivity index (χ1v) is 6.83. The third-order valence-electron chi connectivity index (χ3n) is 2.58. The second kappa shape index (κ2) is 7.50. The number of nitrogens with two attached hydrogens (primary N) is 1. The van der Waals surface area contributed by atoms with E-state index in [1.54, 1.807) is 6.20 Å². The second-order valence-electron chi connectivity index (χ2n) is 4.15. The average Bonchev–Trinajstić information content (AvgIpc) is 2.48. The first-order valence-electron chi connectivity index (χ1n) is 6.29. The molecule has 0 aliphatic rings. The van der Waals surface area contributed by atoms with Crippen molar-refractivity contribution in [1.82, 2.24) is 4.98 Å². The number of alkyl halides is 1. The van der Waals surface area contributed by atoms with E-state index >= 15 is 0 Å². The maximum Gasteiger partial charge on any atom is 0.121 e. The van der Waals surface area contributed by atoms with Gasteiger partial charge in [0, 0.05) is 24.4 Å². The monoisotopic (exact) mass is 289 g/mol. The molecule has 0 saturated heterocycles. The molecule has 0 unspecified atom stereocenters. The van der Waals surface area contributed by atoms with Gasteiger partial charge >= 0.3 is 0 Å². The second-order valence-corrected chi connectivity index (χ2v) is 4.42. The number of amidine groups is 1. The lowest BCUT2D eigenvalue weighted by atomic mass is 10.3. The van der Waals surface area contributed by atoms with Crippen molar-refractivity contribution in [3.8, 4) is 5.75 Å². The number of pyridine rings is 1. The summed E-state index contributed by atoms with van der Waals surface area (Å²) < 4.78 is 5.68. The van der Waals surface area contributed by atoms with Crippen LogP contribution in [0.1, 0.15) is 5.69 Å². The Morgan fingerprint density at radius 3 is 2.90 bits per heavy atom. The third kappa shape index (κ3) is 4.55. The summed E-state index contributed by atoms with van der Waals surface area (Å²) in [5.41, 5.74) is 7.34. The number of aromatic nitrogens is 1. The van der Waals surface area contributed by atoms with Gasteiger partial charge in [0.15, 0.2) is 0 Å². The molecule has 2 rings (SSSR count). The number of hydrogen-bond acceptors (Lipinski definition) is 3. The van der Waals surface area contributed by atoms with Gasteiger partial charge in [-0.2, -0.15) is 0 Å². The number of aliphatic imine (C=N–C) groups is 1. The van der Waals surface area contributed by atoms with Crippen LogP contribution in [0.25, 0.3) is 0 Å². The summed E-state index contributed by atoms with van der Waals surface area (Å²) in [5, 5.41) is 0. The van der Waals surface area contributed by atoms with Crippen molar-refractivity contribution in [3.05, 3.63) is 54.4 Å². The Labute approximate surface area is 123 Å². The first-order chi connectivity index (χ1) is 9.78. The van der Waals surface area contributed by atoms with Crippen LogP contribution in [-0.2, 0) is 6.42 Å². The maximum absolute atomic E-state index is 5.68. The van der Waals surface area contributed by atoms with Gasteiger partial charge in [-0.25, -0.2) is 4.99 Å². The predicted molar refractivity (Wildman–Crippen MR) is 81.9 cm³/mol. The summed E-state index contributed by atoms with van der Waals surface area (Å²) in [6.45, 7) is 0.565. The summed E-state index contributed by atoms with van der Waals surface area (Å²) in [7, 11) is 0. The molecule has 4 nitrogen and oxygen atoms in total.